The van der Waals surface area contributed by atoms with Crippen LogP contribution in [0.15, 0.2) is 36.4 Å². The van der Waals surface area contributed by atoms with E-state index in [2.05, 4.69) is 50.2 Å². The average Bonchev–Trinajstić information content (AvgIpc) is 3.09. The molecule has 0 amide bonds. The molecule has 5 rings (SSSR count). The minimum absolute atomic E-state index is 0.375. The van der Waals surface area contributed by atoms with Crippen molar-refractivity contribution in [2.75, 3.05) is 14.2 Å². The maximum atomic E-state index is 5.93. The molecule has 0 spiro atoms. The van der Waals surface area contributed by atoms with Gasteiger partial charge in [-0.3, -0.25) is 0 Å². The van der Waals surface area contributed by atoms with Gasteiger partial charge in [0, 0.05) is 12.7 Å². The molecule has 5 atom stereocenters. The molecule has 0 saturated heterocycles. The van der Waals surface area contributed by atoms with Gasteiger partial charge < -0.3 is 9.47 Å². The second kappa shape index (κ2) is 7.16. The first-order valence-electron chi connectivity index (χ1n) is 11.4. The Balaban J connectivity index is 1.55. The summed E-state index contributed by atoms with van der Waals surface area (Å²) in [6.07, 6.45) is 8.13. The number of rotatable bonds is 3. The van der Waals surface area contributed by atoms with Crippen LogP contribution in [-0.4, -0.2) is 20.3 Å². The van der Waals surface area contributed by atoms with Crippen LogP contribution >= 0.6 is 0 Å². The summed E-state index contributed by atoms with van der Waals surface area (Å²) in [6, 6.07) is 13.7. The van der Waals surface area contributed by atoms with Crippen molar-refractivity contribution in [3.63, 3.8) is 0 Å². The van der Waals surface area contributed by atoms with Crippen molar-refractivity contribution >= 4 is 0 Å². The highest BCUT2D eigenvalue weighted by atomic mass is 16.5. The molecule has 0 radical (unpaired) electrons. The predicted molar refractivity (Wildman–Crippen MR) is 119 cm³/mol. The minimum atomic E-state index is 0.375. The summed E-state index contributed by atoms with van der Waals surface area (Å²) < 4.78 is 11.8. The summed E-state index contributed by atoms with van der Waals surface area (Å²) in [7, 11) is 3.72. The van der Waals surface area contributed by atoms with Crippen LogP contribution in [0.1, 0.15) is 61.6 Å². The van der Waals surface area contributed by atoms with Crippen LogP contribution < -0.4 is 4.74 Å². The summed E-state index contributed by atoms with van der Waals surface area (Å²) in [6.45, 7) is 4.66. The molecule has 154 valence electrons. The summed E-state index contributed by atoms with van der Waals surface area (Å²) >= 11 is 0. The summed E-state index contributed by atoms with van der Waals surface area (Å²) in [5.41, 5.74) is 7.30. The number of aryl methyl sites for hydroxylation is 2. The molecule has 3 aliphatic carbocycles. The number of fused-ring (bicyclic) bond motifs is 5. The van der Waals surface area contributed by atoms with E-state index in [-0.39, 0.29) is 0 Å². The SMILES string of the molecule is COc1cc2c(cc1-c1ccc(C)cc1)[C@H]1CC[C@]3(C)[C@@H](OC)CC[C@H]3[C@@H]1CC2. The zero-order chi connectivity index (χ0) is 20.2. The van der Waals surface area contributed by atoms with Crippen LogP contribution in [0.25, 0.3) is 11.1 Å². The Morgan fingerprint density at radius 3 is 2.48 bits per heavy atom. The van der Waals surface area contributed by atoms with E-state index >= 15 is 0 Å². The van der Waals surface area contributed by atoms with Gasteiger partial charge in [0.25, 0.3) is 0 Å². The Kier molecular flexibility index (Phi) is 4.74. The average molecular weight is 391 g/mol. The topological polar surface area (TPSA) is 18.5 Å². The second-order valence-electron chi connectivity index (χ2n) is 9.88. The van der Waals surface area contributed by atoms with Gasteiger partial charge in [-0.15, -0.1) is 0 Å². The van der Waals surface area contributed by atoms with Gasteiger partial charge in [-0.1, -0.05) is 36.8 Å². The highest BCUT2D eigenvalue weighted by molar-refractivity contribution is 5.73. The van der Waals surface area contributed by atoms with Crippen molar-refractivity contribution in [2.45, 2.75) is 64.4 Å². The first-order valence-corrected chi connectivity index (χ1v) is 11.4. The van der Waals surface area contributed by atoms with Crippen LogP contribution in [0, 0.1) is 24.2 Å². The zero-order valence-electron chi connectivity index (χ0n) is 18.3. The third-order valence-corrected chi connectivity index (χ3v) is 8.61. The van der Waals surface area contributed by atoms with E-state index in [0.29, 0.717) is 17.4 Å². The van der Waals surface area contributed by atoms with Crippen molar-refractivity contribution in [2.24, 2.45) is 17.3 Å². The molecule has 2 heteroatoms. The van der Waals surface area contributed by atoms with Gasteiger partial charge in [0.15, 0.2) is 0 Å². The van der Waals surface area contributed by atoms with Gasteiger partial charge in [0.1, 0.15) is 5.75 Å². The fourth-order valence-corrected chi connectivity index (χ4v) is 7.07. The molecule has 0 aliphatic heterocycles. The maximum absolute atomic E-state index is 5.93. The molecular weight excluding hydrogens is 356 g/mol. The third kappa shape index (κ3) is 2.94. The minimum Gasteiger partial charge on any atom is -0.496 e. The third-order valence-electron chi connectivity index (χ3n) is 8.61. The molecule has 2 nitrogen and oxygen atoms in total. The fourth-order valence-electron chi connectivity index (χ4n) is 7.07. The van der Waals surface area contributed by atoms with E-state index in [1.165, 1.54) is 60.8 Å². The number of benzene rings is 2. The molecule has 0 unspecified atom stereocenters. The highest BCUT2D eigenvalue weighted by Gasteiger charge is 2.55. The molecule has 29 heavy (non-hydrogen) atoms. The maximum Gasteiger partial charge on any atom is 0.126 e. The predicted octanol–water partition coefficient (Wildman–Crippen LogP) is 6.54. The van der Waals surface area contributed by atoms with E-state index in [1.54, 1.807) is 12.7 Å². The highest BCUT2D eigenvalue weighted by Crippen LogP contribution is 2.61. The molecule has 0 heterocycles. The van der Waals surface area contributed by atoms with Crippen LogP contribution in [0.5, 0.6) is 5.75 Å². The molecule has 2 aromatic carbocycles. The van der Waals surface area contributed by atoms with E-state index < -0.39 is 0 Å². The summed E-state index contributed by atoms with van der Waals surface area (Å²) in [5.74, 6) is 3.33. The summed E-state index contributed by atoms with van der Waals surface area (Å²) in [5, 5.41) is 0. The normalized spacial score (nSPS) is 33.0. The molecular formula is C27H34O2. The molecule has 2 aromatic rings. The standard InChI is InChI=1S/C27H34O2/c1-17-5-7-18(8-6-17)23-16-22-19(15-25(23)28-3)9-10-21-20(22)13-14-27(2)24(21)11-12-26(27)29-4/h5-8,15-16,20-21,24,26H,9-14H2,1-4H3/t20-,21+,24-,26-,27-/m0/s1. The van der Waals surface area contributed by atoms with Crippen molar-refractivity contribution in [3.8, 4) is 16.9 Å². The van der Waals surface area contributed by atoms with Crippen molar-refractivity contribution in [1.82, 2.24) is 0 Å². The van der Waals surface area contributed by atoms with Crippen LogP contribution in [-0.2, 0) is 11.2 Å². The molecule has 0 bridgehead atoms. The molecule has 0 N–H and O–H groups in total. The first-order chi connectivity index (χ1) is 14.0. The number of methoxy groups -OCH3 is 2. The van der Waals surface area contributed by atoms with Crippen molar-refractivity contribution < 1.29 is 9.47 Å². The second-order valence-corrected chi connectivity index (χ2v) is 9.88. The Morgan fingerprint density at radius 2 is 1.76 bits per heavy atom. The van der Waals surface area contributed by atoms with Crippen molar-refractivity contribution in [1.29, 1.82) is 0 Å². The number of ether oxygens (including phenoxy) is 2. The lowest BCUT2D eigenvalue weighted by atomic mass is 9.55. The van der Waals surface area contributed by atoms with Crippen molar-refractivity contribution in [3.05, 3.63) is 53.1 Å². The van der Waals surface area contributed by atoms with Crippen LogP contribution in [0.3, 0.4) is 0 Å². The lowest BCUT2D eigenvalue weighted by Gasteiger charge is -2.50. The molecule has 2 saturated carbocycles. The van der Waals surface area contributed by atoms with Gasteiger partial charge in [-0.25, -0.2) is 0 Å². The Morgan fingerprint density at radius 1 is 0.966 bits per heavy atom. The van der Waals surface area contributed by atoms with E-state index in [9.17, 15) is 0 Å². The van der Waals surface area contributed by atoms with Gasteiger partial charge in [-0.2, -0.15) is 0 Å². The van der Waals surface area contributed by atoms with Gasteiger partial charge in [0.2, 0.25) is 0 Å². The van der Waals surface area contributed by atoms with Gasteiger partial charge in [-0.05, 0) is 97.4 Å². The van der Waals surface area contributed by atoms with Crippen LogP contribution in [0.2, 0.25) is 0 Å². The van der Waals surface area contributed by atoms with E-state index in [1.807, 2.05) is 7.11 Å². The van der Waals surface area contributed by atoms with E-state index in [0.717, 1.165) is 17.6 Å². The van der Waals surface area contributed by atoms with Gasteiger partial charge in [0.05, 0.1) is 13.2 Å². The number of hydrogen-bond acceptors (Lipinski definition) is 2. The summed E-state index contributed by atoms with van der Waals surface area (Å²) in [4.78, 5) is 0. The molecule has 2 fully saturated rings. The Hall–Kier alpha value is -1.80. The monoisotopic (exact) mass is 390 g/mol. The zero-order valence-corrected chi connectivity index (χ0v) is 18.3. The quantitative estimate of drug-likeness (QED) is 0.592. The molecule has 3 aliphatic rings. The van der Waals surface area contributed by atoms with E-state index in [4.69, 9.17) is 9.47 Å². The smallest absolute Gasteiger partial charge is 0.126 e. The fraction of sp³-hybridized carbons (Fsp3) is 0.556. The Bertz CT molecular complexity index is 899. The number of hydrogen-bond donors (Lipinski definition) is 0. The first kappa shape index (κ1) is 19.2. The lowest BCUT2D eigenvalue weighted by molar-refractivity contribution is -0.0444. The molecule has 0 aromatic heterocycles. The Labute approximate surface area is 175 Å². The van der Waals surface area contributed by atoms with Gasteiger partial charge >= 0.3 is 0 Å². The largest absolute Gasteiger partial charge is 0.496 e. The van der Waals surface area contributed by atoms with Crippen LogP contribution in [0.4, 0.5) is 0 Å². The lowest BCUT2D eigenvalue weighted by Crippen LogP contribution is -2.44.